The number of hydrogen-bond acceptors (Lipinski definition) is 3. The molecule has 1 aromatic rings. The van der Waals surface area contributed by atoms with Crippen molar-refractivity contribution in [1.82, 2.24) is 0 Å². The van der Waals surface area contributed by atoms with Crippen LogP contribution in [0.15, 0.2) is 12.1 Å². The van der Waals surface area contributed by atoms with Crippen LogP contribution in [0.2, 0.25) is 0 Å². The van der Waals surface area contributed by atoms with Gasteiger partial charge in [-0.25, -0.2) is 0 Å². The Hall–Kier alpha value is -1.48. The van der Waals surface area contributed by atoms with Crippen molar-refractivity contribution in [2.45, 2.75) is 52.1 Å². The number of aryl methyl sites for hydroxylation is 3. The normalized spacial score (nSPS) is 31.5. The van der Waals surface area contributed by atoms with Gasteiger partial charge < -0.3 is 4.74 Å². The second-order valence-electron chi connectivity index (χ2n) is 6.93. The van der Waals surface area contributed by atoms with Gasteiger partial charge in [0.15, 0.2) is 11.6 Å². The Balaban J connectivity index is 1.99. The minimum Gasteiger partial charge on any atom is -0.381 e. The van der Waals surface area contributed by atoms with E-state index in [0.29, 0.717) is 6.42 Å². The molecule has 2 saturated carbocycles. The highest BCUT2D eigenvalue weighted by Crippen LogP contribution is 2.46. The van der Waals surface area contributed by atoms with Crippen LogP contribution >= 0.6 is 0 Å². The van der Waals surface area contributed by atoms with Gasteiger partial charge >= 0.3 is 0 Å². The summed E-state index contributed by atoms with van der Waals surface area (Å²) in [6.07, 6.45) is 2.49. The van der Waals surface area contributed by atoms with E-state index < -0.39 is 5.92 Å². The maximum atomic E-state index is 12.9. The Morgan fingerprint density at radius 3 is 2.14 bits per heavy atom. The molecule has 0 spiro atoms. The number of carbonyl (C=O) groups is 2. The highest BCUT2D eigenvalue weighted by atomic mass is 16.5. The molecule has 118 valence electrons. The van der Waals surface area contributed by atoms with Crippen LogP contribution < -0.4 is 0 Å². The largest absolute Gasteiger partial charge is 0.381 e. The van der Waals surface area contributed by atoms with Crippen molar-refractivity contribution in [2.75, 3.05) is 7.11 Å². The zero-order valence-electron chi connectivity index (χ0n) is 13.8. The monoisotopic (exact) mass is 300 g/mol. The van der Waals surface area contributed by atoms with Crippen LogP contribution in [0.25, 0.3) is 0 Å². The van der Waals surface area contributed by atoms with Crippen LogP contribution in [-0.4, -0.2) is 24.8 Å². The molecule has 1 aromatic carbocycles. The van der Waals surface area contributed by atoms with E-state index in [1.54, 1.807) is 7.11 Å². The number of benzene rings is 1. The molecular weight excluding hydrogens is 276 g/mol. The quantitative estimate of drug-likeness (QED) is 0.787. The van der Waals surface area contributed by atoms with Crippen LogP contribution in [-0.2, 0) is 14.3 Å². The first-order valence-electron chi connectivity index (χ1n) is 8.12. The lowest BCUT2D eigenvalue weighted by Crippen LogP contribution is -2.30. The third kappa shape index (κ3) is 2.32. The first-order chi connectivity index (χ1) is 10.4. The van der Waals surface area contributed by atoms with E-state index in [9.17, 15) is 9.59 Å². The maximum absolute atomic E-state index is 12.9. The van der Waals surface area contributed by atoms with Crippen molar-refractivity contribution < 1.29 is 14.3 Å². The number of ether oxygens (including phenoxy) is 1. The van der Waals surface area contributed by atoms with E-state index >= 15 is 0 Å². The van der Waals surface area contributed by atoms with E-state index in [-0.39, 0.29) is 29.5 Å². The zero-order chi connectivity index (χ0) is 16.0. The summed E-state index contributed by atoms with van der Waals surface area (Å²) in [6.45, 7) is 6.07. The Labute approximate surface area is 132 Å². The molecule has 0 saturated heterocycles. The van der Waals surface area contributed by atoms with Crippen LogP contribution in [0.3, 0.4) is 0 Å². The van der Waals surface area contributed by atoms with Crippen LogP contribution in [0.4, 0.5) is 0 Å². The number of Topliss-reactive ketones (excluding diaryl/α,β-unsaturated/α-hetero) is 2. The fourth-order valence-corrected chi connectivity index (χ4v) is 4.50. The van der Waals surface area contributed by atoms with Crippen LogP contribution in [0.1, 0.15) is 47.4 Å². The molecule has 4 atom stereocenters. The standard InChI is InChI=1S/C19H24O3/c1-10-7-11(2)16(12(3)8-10)17-18(20)14-6-5-13(22-4)9-15(14)19(17)21/h7-8,13-15,17H,5-6,9H2,1-4H3. The summed E-state index contributed by atoms with van der Waals surface area (Å²) in [5, 5.41) is 0. The minimum absolute atomic E-state index is 0.0935. The van der Waals surface area contributed by atoms with Gasteiger partial charge in [-0.2, -0.15) is 0 Å². The van der Waals surface area contributed by atoms with Gasteiger partial charge in [-0.1, -0.05) is 17.7 Å². The molecule has 0 radical (unpaired) electrons. The highest BCUT2D eigenvalue weighted by Gasteiger charge is 2.52. The van der Waals surface area contributed by atoms with E-state index in [1.165, 1.54) is 5.56 Å². The van der Waals surface area contributed by atoms with E-state index in [1.807, 2.05) is 20.8 Å². The molecule has 3 rings (SSSR count). The summed E-state index contributed by atoms with van der Waals surface area (Å²) in [4.78, 5) is 25.8. The number of carbonyl (C=O) groups excluding carboxylic acids is 2. The van der Waals surface area contributed by atoms with Gasteiger partial charge in [-0.3, -0.25) is 9.59 Å². The van der Waals surface area contributed by atoms with Gasteiger partial charge in [0.25, 0.3) is 0 Å². The number of fused-ring (bicyclic) bond motifs is 1. The molecule has 0 amide bonds. The van der Waals surface area contributed by atoms with Crippen LogP contribution in [0, 0.1) is 32.6 Å². The third-order valence-corrected chi connectivity index (χ3v) is 5.46. The van der Waals surface area contributed by atoms with Crippen molar-refractivity contribution >= 4 is 11.6 Å². The molecule has 0 bridgehead atoms. The maximum Gasteiger partial charge on any atom is 0.151 e. The Kier molecular flexibility index (Phi) is 3.94. The van der Waals surface area contributed by atoms with Crippen molar-refractivity contribution in [3.63, 3.8) is 0 Å². The fourth-order valence-electron chi connectivity index (χ4n) is 4.50. The second-order valence-corrected chi connectivity index (χ2v) is 6.93. The molecule has 2 fully saturated rings. The zero-order valence-corrected chi connectivity index (χ0v) is 13.8. The molecule has 0 N–H and O–H groups in total. The fraction of sp³-hybridized carbons (Fsp3) is 0.579. The molecule has 0 aliphatic heterocycles. The smallest absolute Gasteiger partial charge is 0.151 e. The number of hydrogen-bond donors (Lipinski definition) is 0. The summed E-state index contributed by atoms with van der Waals surface area (Å²) in [5.74, 6) is -0.530. The number of methoxy groups -OCH3 is 1. The molecular formula is C19H24O3. The molecule has 3 heteroatoms. The average Bonchev–Trinajstić information content (AvgIpc) is 2.71. The summed E-state index contributed by atoms with van der Waals surface area (Å²) < 4.78 is 5.42. The lowest BCUT2D eigenvalue weighted by atomic mass is 9.79. The summed E-state index contributed by atoms with van der Waals surface area (Å²) in [6, 6.07) is 4.14. The first kappa shape index (κ1) is 15.4. The Morgan fingerprint density at radius 1 is 0.955 bits per heavy atom. The minimum atomic E-state index is -0.550. The molecule has 22 heavy (non-hydrogen) atoms. The average molecular weight is 300 g/mol. The second kappa shape index (κ2) is 5.62. The number of rotatable bonds is 2. The van der Waals surface area contributed by atoms with E-state index in [2.05, 4.69) is 12.1 Å². The van der Waals surface area contributed by atoms with Crippen molar-refractivity contribution in [2.24, 2.45) is 11.8 Å². The van der Waals surface area contributed by atoms with Crippen molar-refractivity contribution in [3.05, 3.63) is 34.4 Å². The van der Waals surface area contributed by atoms with Gasteiger partial charge in [-0.05, 0) is 56.7 Å². The topological polar surface area (TPSA) is 43.4 Å². The third-order valence-electron chi connectivity index (χ3n) is 5.46. The van der Waals surface area contributed by atoms with Crippen LogP contribution in [0.5, 0.6) is 0 Å². The SMILES string of the molecule is COC1CCC2C(=O)C(c3c(C)cc(C)cc3C)C(=O)C2C1. The Morgan fingerprint density at radius 2 is 1.55 bits per heavy atom. The first-order valence-corrected chi connectivity index (χ1v) is 8.12. The summed E-state index contributed by atoms with van der Waals surface area (Å²) in [7, 11) is 1.69. The van der Waals surface area contributed by atoms with Gasteiger partial charge in [0.2, 0.25) is 0 Å². The van der Waals surface area contributed by atoms with Crippen molar-refractivity contribution in [1.29, 1.82) is 0 Å². The lowest BCUT2D eigenvalue weighted by Gasteiger charge is -2.28. The van der Waals surface area contributed by atoms with Gasteiger partial charge in [0.05, 0.1) is 6.10 Å². The molecule has 0 heterocycles. The lowest BCUT2D eigenvalue weighted by molar-refractivity contribution is -0.125. The molecule has 0 aromatic heterocycles. The highest BCUT2D eigenvalue weighted by molar-refractivity contribution is 6.16. The molecule has 3 nitrogen and oxygen atoms in total. The number of ketones is 2. The summed E-state index contributed by atoms with van der Waals surface area (Å²) >= 11 is 0. The summed E-state index contributed by atoms with van der Waals surface area (Å²) in [5.41, 5.74) is 4.25. The Bertz CT molecular complexity index is 609. The molecule has 4 unspecified atom stereocenters. The van der Waals surface area contributed by atoms with E-state index in [4.69, 9.17) is 4.74 Å². The molecule has 2 aliphatic carbocycles. The van der Waals surface area contributed by atoms with Gasteiger partial charge in [0, 0.05) is 18.9 Å². The van der Waals surface area contributed by atoms with Gasteiger partial charge in [0.1, 0.15) is 5.92 Å². The van der Waals surface area contributed by atoms with E-state index in [0.717, 1.165) is 29.5 Å². The van der Waals surface area contributed by atoms with Crippen molar-refractivity contribution in [3.8, 4) is 0 Å². The van der Waals surface area contributed by atoms with Gasteiger partial charge in [-0.15, -0.1) is 0 Å². The molecule has 2 aliphatic rings. The predicted octanol–water partition coefficient (Wildman–Crippen LogP) is 3.28. The predicted molar refractivity (Wildman–Crippen MR) is 85.0 cm³/mol.